The Morgan fingerprint density at radius 1 is 0.767 bits per heavy atom. The van der Waals surface area contributed by atoms with Gasteiger partial charge >= 0.3 is 5.97 Å². The quantitative estimate of drug-likeness (QED) is 0.191. The maximum Gasteiger partial charge on any atom is 0.331 e. The minimum atomic E-state index is -1.29. The van der Waals surface area contributed by atoms with E-state index in [1.165, 1.54) is 4.90 Å². The monoisotopic (exact) mass is 578 g/mol. The zero-order valence-corrected chi connectivity index (χ0v) is 23.6. The third kappa shape index (κ3) is 8.37. The van der Waals surface area contributed by atoms with Gasteiger partial charge in [-0.3, -0.25) is 14.4 Å². The Morgan fingerprint density at radius 3 is 2.12 bits per heavy atom. The van der Waals surface area contributed by atoms with Gasteiger partial charge in [-0.2, -0.15) is 0 Å². The van der Waals surface area contributed by atoms with E-state index in [9.17, 15) is 24.3 Å². The Bertz CT molecular complexity index is 1560. The van der Waals surface area contributed by atoms with Crippen molar-refractivity contribution in [2.45, 2.75) is 19.0 Å². The van der Waals surface area contributed by atoms with Crippen molar-refractivity contribution >= 4 is 23.7 Å². The summed E-state index contributed by atoms with van der Waals surface area (Å²) in [4.78, 5) is 52.8. The molecule has 0 aliphatic rings. The van der Waals surface area contributed by atoms with Gasteiger partial charge in [-0.15, -0.1) is 0 Å². The zero-order chi connectivity index (χ0) is 30.6. The standard InChI is InChI=1S/C34H34N4O5/c35-18-19-36-33(41)29-17-8-7-16-28(29)27-15-9-12-25(20-27)23-38(32(34(42)43)26-13-5-2-6-14-26)31(40)22-37-30(39)21-24-10-3-1-4-11-24/h1-17,20,32H,18-19,21-23,35H2,(H,36,41)(H,37,39)(H,42,43). The fourth-order valence-electron chi connectivity index (χ4n) is 4.78. The lowest BCUT2D eigenvalue weighted by atomic mass is 9.97. The number of benzene rings is 4. The Morgan fingerprint density at radius 2 is 1.42 bits per heavy atom. The van der Waals surface area contributed by atoms with Crippen LogP contribution in [0.2, 0.25) is 0 Å². The Labute approximate surface area is 250 Å². The molecule has 0 heterocycles. The van der Waals surface area contributed by atoms with Crippen molar-refractivity contribution in [3.63, 3.8) is 0 Å². The van der Waals surface area contributed by atoms with Crippen LogP contribution in [0, 0.1) is 0 Å². The summed E-state index contributed by atoms with van der Waals surface area (Å²) in [5, 5.41) is 15.7. The van der Waals surface area contributed by atoms with E-state index in [0.717, 1.165) is 11.1 Å². The number of carbonyl (C=O) groups excluding carboxylic acids is 3. The van der Waals surface area contributed by atoms with Crippen LogP contribution >= 0.6 is 0 Å². The van der Waals surface area contributed by atoms with Crippen LogP contribution in [-0.4, -0.2) is 53.3 Å². The third-order valence-corrected chi connectivity index (χ3v) is 6.82. The number of carboxylic acid groups (broad SMARTS) is 1. The number of hydrogen-bond acceptors (Lipinski definition) is 5. The minimum Gasteiger partial charge on any atom is -0.479 e. The smallest absolute Gasteiger partial charge is 0.331 e. The second-order valence-corrected chi connectivity index (χ2v) is 9.90. The highest BCUT2D eigenvalue weighted by Crippen LogP contribution is 2.28. The van der Waals surface area contributed by atoms with Gasteiger partial charge in [-0.1, -0.05) is 97.1 Å². The zero-order valence-electron chi connectivity index (χ0n) is 23.6. The third-order valence-electron chi connectivity index (χ3n) is 6.82. The summed E-state index contributed by atoms with van der Waals surface area (Å²) in [5.41, 5.74) is 9.30. The normalized spacial score (nSPS) is 11.3. The Kier molecular flexibility index (Phi) is 10.8. The fraction of sp³-hybridized carbons (Fsp3) is 0.176. The lowest BCUT2D eigenvalue weighted by Crippen LogP contribution is -2.44. The van der Waals surface area contributed by atoms with Gasteiger partial charge in [0, 0.05) is 25.2 Å². The molecule has 0 fully saturated rings. The molecule has 4 rings (SSSR count). The first-order chi connectivity index (χ1) is 20.9. The molecule has 0 bridgehead atoms. The molecule has 0 aliphatic carbocycles. The summed E-state index contributed by atoms with van der Waals surface area (Å²) in [5.74, 6) is -2.36. The second-order valence-electron chi connectivity index (χ2n) is 9.90. The van der Waals surface area contributed by atoms with Crippen molar-refractivity contribution < 1.29 is 24.3 Å². The first-order valence-electron chi connectivity index (χ1n) is 13.9. The maximum absolute atomic E-state index is 13.6. The van der Waals surface area contributed by atoms with E-state index in [0.29, 0.717) is 35.3 Å². The van der Waals surface area contributed by atoms with Gasteiger partial charge in [0.05, 0.1) is 13.0 Å². The Balaban J connectivity index is 1.61. The Hall–Kier alpha value is -5.28. The summed E-state index contributed by atoms with van der Waals surface area (Å²) in [6.45, 7) is 0.231. The highest BCUT2D eigenvalue weighted by atomic mass is 16.4. The van der Waals surface area contributed by atoms with Crippen LogP contribution < -0.4 is 16.4 Å². The van der Waals surface area contributed by atoms with Crippen LogP contribution in [0.1, 0.15) is 33.1 Å². The molecule has 0 spiro atoms. The van der Waals surface area contributed by atoms with Crippen molar-refractivity contribution in [2.24, 2.45) is 5.73 Å². The highest BCUT2D eigenvalue weighted by Gasteiger charge is 2.31. The van der Waals surface area contributed by atoms with E-state index in [1.54, 1.807) is 54.6 Å². The molecule has 0 radical (unpaired) electrons. The molecule has 9 heteroatoms. The van der Waals surface area contributed by atoms with E-state index < -0.39 is 17.9 Å². The minimum absolute atomic E-state index is 0.0470. The summed E-state index contributed by atoms with van der Waals surface area (Å²) < 4.78 is 0. The van der Waals surface area contributed by atoms with E-state index in [1.807, 2.05) is 54.6 Å². The predicted molar refractivity (Wildman–Crippen MR) is 164 cm³/mol. The molecule has 5 N–H and O–H groups in total. The van der Waals surface area contributed by atoms with Crippen LogP contribution in [0.4, 0.5) is 0 Å². The predicted octanol–water partition coefficient (Wildman–Crippen LogP) is 3.56. The van der Waals surface area contributed by atoms with Crippen LogP contribution in [0.3, 0.4) is 0 Å². The number of carbonyl (C=O) groups is 4. The van der Waals surface area contributed by atoms with Crippen molar-refractivity contribution in [1.82, 2.24) is 15.5 Å². The number of rotatable bonds is 13. The molecule has 0 saturated carbocycles. The van der Waals surface area contributed by atoms with E-state index in [-0.39, 0.29) is 31.3 Å². The maximum atomic E-state index is 13.6. The summed E-state index contributed by atoms with van der Waals surface area (Å²) in [7, 11) is 0. The van der Waals surface area contributed by atoms with Crippen molar-refractivity contribution in [3.8, 4) is 11.1 Å². The van der Waals surface area contributed by atoms with Gasteiger partial charge in [0.25, 0.3) is 5.91 Å². The lowest BCUT2D eigenvalue weighted by Gasteiger charge is -2.30. The van der Waals surface area contributed by atoms with Gasteiger partial charge in [-0.25, -0.2) is 4.79 Å². The molecule has 0 aromatic heterocycles. The van der Waals surface area contributed by atoms with Gasteiger partial charge < -0.3 is 26.4 Å². The van der Waals surface area contributed by atoms with Crippen LogP contribution in [0.5, 0.6) is 0 Å². The van der Waals surface area contributed by atoms with Crippen LogP contribution in [-0.2, 0) is 27.3 Å². The van der Waals surface area contributed by atoms with Crippen LogP contribution in [0.25, 0.3) is 11.1 Å². The largest absolute Gasteiger partial charge is 0.479 e. The average Bonchev–Trinajstić information content (AvgIpc) is 3.03. The molecule has 3 amide bonds. The number of nitrogens with two attached hydrogens (primary N) is 1. The van der Waals surface area contributed by atoms with Gasteiger partial charge in [-0.05, 0) is 39.9 Å². The van der Waals surface area contributed by atoms with Crippen molar-refractivity contribution in [2.75, 3.05) is 19.6 Å². The number of nitrogens with zero attached hydrogens (tertiary/aromatic N) is 1. The van der Waals surface area contributed by atoms with Gasteiger partial charge in [0.2, 0.25) is 11.8 Å². The number of amides is 3. The first kappa shape index (κ1) is 30.7. The molecule has 1 atom stereocenters. The number of nitrogens with one attached hydrogen (secondary N) is 2. The first-order valence-corrected chi connectivity index (χ1v) is 13.9. The fourth-order valence-corrected chi connectivity index (χ4v) is 4.78. The van der Waals surface area contributed by atoms with Crippen LogP contribution in [0.15, 0.2) is 109 Å². The molecule has 43 heavy (non-hydrogen) atoms. The second kappa shape index (κ2) is 15.1. The topological polar surface area (TPSA) is 142 Å². The van der Waals surface area contributed by atoms with Gasteiger partial charge in [0.15, 0.2) is 6.04 Å². The molecule has 4 aromatic carbocycles. The van der Waals surface area contributed by atoms with E-state index >= 15 is 0 Å². The average molecular weight is 579 g/mol. The van der Waals surface area contributed by atoms with Crippen molar-refractivity contribution in [3.05, 3.63) is 131 Å². The molecule has 220 valence electrons. The molecular formula is C34H34N4O5. The summed E-state index contributed by atoms with van der Waals surface area (Å²) in [6, 6.07) is 30.7. The summed E-state index contributed by atoms with van der Waals surface area (Å²) >= 11 is 0. The SMILES string of the molecule is NCCNC(=O)c1ccccc1-c1cccc(CN(C(=O)CNC(=O)Cc2ccccc2)C(C(=O)O)c2ccccc2)c1. The van der Waals surface area contributed by atoms with Crippen molar-refractivity contribution in [1.29, 1.82) is 0 Å². The summed E-state index contributed by atoms with van der Waals surface area (Å²) in [6.07, 6.45) is 0.0927. The highest BCUT2D eigenvalue weighted by molar-refractivity contribution is 6.01. The molecule has 0 aliphatic heterocycles. The number of aliphatic carboxylic acids is 1. The molecule has 0 saturated heterocycles. The van der Waals surface area contributed by atoms with Gasteiger partial charge in [0.1, 0.15) is 0 Å². The molecular weight excluding hydrogens is 544 g/mol. The molecule has 4 aromatic rings. The molecule has 9 nitrogen and oxygen atoms in total. The van der Waals surface area contributed by atoms with E-state index in [2.05, 4.69) is 10.6 Å². The lowest BCUT2D eigenvalue weighted by molar-refractivity contribution is -0.151. The number of carboxylic acids is 1. The number of hydrogen-bond donors (Lipinski definition) is 4. The molecule has 1 unspecified atom stereocenters. The van der Waals surface area contributed by atoms with E-state index in [4.69, 9.17) is 5.73 Å².